The highest BCUT2D eigenvalue weighted by molar-refractivity contribution is 9.10. The highest BCUT2D eigenvalue weighted by Gasteiger charge is 2.34. The van der Waals surface area contributed by atoms with E-state index in [1.165, 1.54) is 12.1 Å². The van der Waals surface area contributed by atoms with Crippen LogP contribution in [-0.2, 0) is 11.4 Å². The van der Waals surface area contributed by atoms with Gasteiger partial charge in [-0.25, -0.2) is 0 Å². The molecule has 0 saturated carbocycles. The normalized spacial score (nSPS) is 15.3. The summed E-state index contributed by atoms with van der Waals surface area (Å²) >= 11 is 8.80. The van der Waals surface area contributed by atoms with Gasteiger partial charge in [0.05, 0.1) is 9.40 Å². The summed E-state index contributed by atoms with van der Waals surface area (Å²) in [5.74, 6) is 0.511. The standard InChI is InChI=1S/C20H18BrN3O4S/c1-3-23-19(25)17(22(2)20(23)29)11-14-6-9-18(16(21)10-14)28-12-13-4-7-15(8-5-13)24(26)27/h4-11H,3,12H2,1-2H3. The third kappa shape index (κ3) is 4.46. The second kappa shape index (κ2) is 8.71. The maximum absolute atomic E-state index is 12.5. The van der Waals surface area contributed by atoms with Crippen LogP contribution in [0.25, 0.3) is 6.08 Å². The summed E-state index contributed by atoms with van der Waals surface area (Å²) in [5.41, 5.74) is 2.21. The van der Waals surface area contributed by atoms with Gasteiger partial charge in [0.15, 0.2) is 5.11 Å². The van der Waals surface area contributed by atoms with Crippen molar-refractivity contribution in [2.24, 2.45) is 0 Å². The van der Waals surface area contributed by atoms with Gasteiger partial charge in [0.2, 0.25) is 0 Å². The molecule has 0 aromatic heterocycles. The highest BCUT2D eigenvalue weighted by Crippen LogP contribution is 2.29. The fourth-order valence-electron chi connectivity index (χ4n) is 2.85. The first-order valence-corrected chi connectivity index (χ1v) is 9.99. The number of hydrogen-bond acceptors (Lipinski definition) is 5. The zero-order valence-electron chi connectivity index (χ0n) is 15.8. The molecule has 29 heavy (non-hydrogen) atoms. The number of thiocarbonyl (C=S) groups is 1. The van der Waals surface area contributed by atoms with Crippen LogP contribution in [0.3, 0.4) is 0 Å². The van der Waals surface area contributed by atoms with Gasteiger partial charge in [-0.05, 0) is 76.5 Å². The summed E-state index contributed by atoms with van der Waals surface area (Å²) < 4.78 is 6.53. The van der Waals surface area contributed by atoms with Gasteiger partial charge in [-0.3, -0.25) is 19.8 Å². The predicted molar refractivity (Wildman–Crippen MR) is 117 cm³/mol. The number of amides is 1. The first-order valence-electron chi connectivity index (χ1n) is 8.78. The molecular weight excluding hydrogens is 458 g/mol. The maximum atomic E-state index is 12.5. The lowest BCUT2D eigenvalue weighted by Crippen LogP contribution is -2.30. The van der Waals surface area contributed by atoms with E-state index in [1.54, 1.807) is 41.1 Å². The van der Waals surface area contributed by atoms with Crippen molar-refractivity contribution in [1.29, 1.82) is 0 Å². The number of nitro benzene ring substituents is 1. The Kier molecular flexibility index (Phi) is 6.29. The number of non-ortho nitro benzene ring substituents is 1. The van der Waals surface area contributed by atoms with Crippen LogP contribution < -0.4 is 4.74 Å². The molecule has 150 valence electrons. The number of nitrogens with zero attached hydrogens (tertiary/aromatic N) is 3. The summed E-state index contributed by atoms with van der Waals surface area (Å²) in [7, 11) is 1.78. The predicted octanol–water partition coefficient (Wildman–Crippen LogP) is 4.36. The average Bonchev–Trinajstić information content (AvgIpc) is 2.90. The molecule has 7 nitrogen and oxygen atoms in total. The third-order valence-electron chi connectivity index (χ3n) is 4.46. The fourth-order valence-corrected chi connectivity index (χ4v) is 3.67. The Bertz CT molecular complexity index is 1010. The van der Waals surface area contributed by atoms with Gasteiger partial charge in [-0.1, -0.05) is 6.07 Å². The number of benzene rings is 2. The highest BCUT2D eigenvalue weighted by atomic mass is 79.9. The molecule has 0 unspecified atom stereocenters. The molecule has 1 fully saturated rings. The molecule has 0 radical (unpaired) electrons. The molecule has 1 amide bonds. The van der Waals surface area contributed by atoms with Crippen LogP contribution in [0.2, 0.25) is 0 Å². The molecule has 3 rings (SSSR count). The van der Waals surface area contributed by atoms with E-state index in [4.69, 9.17) is 17.0 Å². The van der Waals surface area contributed by atoms with Crippen LogP contribution in [0, 0.1) is 10.1 Å². The Hall–Kier alpha value is -2.78. The maximum Gasteiger partial charge on any atom is 0.276 e. The minimum absolute atomic E-state index is 0.0415. The van der Waals surface area contributed by atoms with Gasteiger partial charge in [0, 0.05) is 25.7 Å². The summed E-state index contributed by atoms with van der Waals surface area (Å²) in [5, 5.41) is 11.2. The lowest BCUT2D eigenvalue weighted by Gasteiger charge is -2.13. The van der Waals surface area contributed by atoms with E-state index in [0.717, 1.165) is 15.6 Å². The molecule has 9 heteroatoms. The Morgan fingerprint density at radius 3 is 2.48 bits per heavy atom. The second-order valence-electron chi connectivity index (χ2n) is 6.32. The Labute approximate surface area is 181 Å². The van der Waals surface area contributed by atoms with Crippen molar-refractivity contribution in [3.63, 3.8) is 0 Å². The van der Waals surface area contributed by atoms with Crippen molar-refractivity contribution in [2.75, 3.05) is 13.6 Å². The molecule has 0 bridgehead atoms. The van der Waals surface area contributed by atoms with Crippen molar-refractivity contribution in [3.05, 3.63) is 73.9 Å². The minimum Gasteiger partial charge on any atom is -0.488 e. The summed E-state index contributed by atoms with van der Waals surface area (Å²) in [6.07, 6.45) is 1.79. The molecule has 1 heterocycles. The van der Waals surface area contributed by atoms with Gasteiger partial charge < -0.3 is 9.64 Å². The second-order valence-corrected chi connectivity index (χ2v) is 7.54. The Morgan fingerprint density at radius 1 is 1.24 bits per heavy atom. The van der Waals surface area contributed by atoms with E-state index in [2.05, 4.69) is 15.9 Å². The van der Waals surface area contributed by atoms with Crippen LogP contribution in [0.5, 0.6) is 5.75 Å². The number of carbonyl (C=O) groups excluding carboxylic acids is 1. The van der Waals surface area contributed by atoms with E-state index in [-0.39, 0.29) is 18.2 Å². The summed E-state index contributed by atoms with van der Waals surface area (Å²) in [4.78, 5) is 26.0. The van der Waals surface area contributed by atoms with E-state index in [0.29, 0.717) is 23.1 Å². The molecule has 1 aliphatic rings. The van der Waals surface area contributed by atoms with Crippen molar-refractivity contribution in [3.8, 4) is 5.75 Å². The SMILES string of the molecule is CCN1C(=O)C(=Cc2ccc(OCc3ccc([N+](=O)[O-])cc3)c(Br)c2)N(C)C1=S. The Morgan fingerprint density at radius 2 is 1.93 bits per heavy atom. The number of rotatable bonds is 6. The van der Waals surface area contributed by atoms with Crippen LogP contribution in [0.15, 0.2) is 52.6 Å². The number of carbonyl (C=O) groups is 1. The molecule has 1 aliphatic heterocycles. The smallest absolute Gasteiger partial charge is 0.276 e. The van der Waals surface area contributed by atoms with Crippen LogP contribution in [-0.4, -0.2) is 39.3 Å². The number of ether oxygens (including phenoxy) is 1. The van der Waals surface area contributed by atoms with E-state index in [9.17, 15) is 14.9 Å². The number of nitro groups is 1. The van der Waals surface area contributed by atoms with Crippen LogP contribution in [0.4, 0.5) is 5.69 Å². The topological polar surface area (TPSA) is 75.9 Å². The van der Waals surface area contributed by atoms with Gasteiger partial charge in [0.25, 0.3) is 11.6 Å². The largest absolute Gasteiger partial charge is 0.488 e. The number of likely N-dealkylation sites (N-methyl/N-ethyl adjacent to an activating group) is 2. The molecule has 0 N–H and O–H groups in total. The molecule has 0 atom stereocenters. The summed E-state index contributed by atoms with van der Waals surface area (Å²) in [6.45, 7) is 2.69. The minimum atomic E-state index is -0.437. The molecule has 2 aromatic carbocycles. The fraction of sp³-hybridized carbons (Fsp3) is 0.200. The van der Waals surface area contributed by atoms with Crippen LogP contribution >= 0.6 is 28.1 Å². The zero-order valence-corrected chi connectivity index (χ0v) is 18.2. The first kappa shape index (κ1) is 20.9. The zero-order chi connectivity index (χ0) is 21.1. The lowest BCUT2D eigenvalue weighted by atomic mass is 10.1. The lowest BCUT2D eigenvalue weighted by molar-refractivity contribution is -0.384. The van der Waals surface area contributed by atoms with E-state index >= 15 is 0 Å². The number of hydrogen-bond donors (Lipinski definition) is 0. The first-order chi connectivity index (χ1) is 13.8. The Balaban J connectivity index is 1.73. The average molecular weight is 476 g/mol. The molecule has 2 aromatic rings. The number of halogens is 1. The quantitative estimate of drug-likeness (QED) is 0.267. The van der Waals surface area contributed by atoms with Crippen molar-refractivity contribution < 1.29 is 14.5 Å². The summed E-state index contributed by atoms with van der Waals surface area (Å²) in [6, 6.07) is 11.7. The van der Waals surface area contributed by atoms with Gasteiger partial charge >= 0.3 is 0 Å². The third-order valence-corrected chi connectivity index (χ3v) is 5.57. The molecule has 0 aliphatic carbocycles. The molecular formula is C20H18BrN3O4S. The van der Waals surface area contributed by atoms with Crippen molar-refractivity contribution in [1.82, 2.24) is 9.80 Å². The monoisotopic (exact) mass is 475 g/mol. The van der Waals surface area contributed by atoms with Crippen molar-refractivity contribution in [2.45, 2.75) is 13.5 Å². The molecule has 0 spiro atoms. The van der Waals surface area contributed by atoms with E-state index in [1.807, 2.05) is 19.1 Å². The molecule has 1 saturated heterocycles. The van der Waals surface area contributed by atoms with Crippen LogP contribution in [0.1, 0.15) is 18.1 Å². The van der Waals surface area contributed by atoms with E-state index < -0.39 is 4.92 Å². The van der Waals surface area contributed by atoms with Gasteiger partial charge in [-0.15, -0.1) is 0 Å². The van der Waals surface area contributed by atoms with Crippen molar-refractivity contribution >= 4 is 50.9 Å². The van der Waals surface area contributed by atoms with Gasteiger partial charge in [-0.2, -0.15) is 0 Å². The van der Waals surface area contributed by atoms with Gasteiger partial charge in [0.1, 0.15) is 18.1 Å².